The van der Waals surface area contributed by atoms with Crippen LogP contribution in [-0.2, 0) is 4.74 Å². The van der Waals surface area contributed by atoms with Crippen molar-refractivity contribution in [2.75, 3.05) is 12.3 Å². The Morgan fingerprint density at radius 1 is 1.60 bits per heavy atom. The van der Waals surface area contributed by atoms with Crippen molar-refractivity contribution in [2.24, 2.45) is 0 Å². The standard InChI is InChI=1S/C10H12BrN5O4/c11-4-6(18)3(1-17)20-9(4)16-2-13-5-7(16)14-10(12)15-8(5)19/h2-4,6,9,17-18H,1H2,(H3,12,14,15,19)/t3-,4?,6+,9-/m1/s1. The molecule has 1 saturated heterocycles. The van der Waals surface area contributed by atoms with Gasteiger partial charge in [-0.05, 0) is 0 Å². The van der Waals surface area contributed by atoms with E-state index in [-0.39, 0.29) is 23.7 Å². The minimum absolute atomic E-state index is 0.0346. The van der Waals surface area contributed by atoms with Crippen molar-refractivity contribution in [3.63, 3.8) is 0 Å². The Hall–Kier alpha value is -1.49. The van der Waals surface area contributed by atoms with E-state index >= 15 is 0 Å². The first-order valence-electron chi connectivity index (χ1n) is 5.83. The predicted molar refractivity (Wildman–Crippen MR) is 72.3 cm³/mol. The monoisotopic (exact) mass is 345 g/mol. The first-order chi connectivity index (χ1) is 9.52. The number of imidazole rings is 1. The number of nitrogens with one attached hydrogen (secondary N) is 1. The summed E-state index contributed by atoms with van der Waals surface area (Å²) in [6, 6.07) is 0. The van der Waals surface area contributed by atoms with E-state index in [2.05, 4.69) is 30.9 Å². The van der Waals surface area contributed by atoms with E-state index in [1.165, 1.54) is 10.9 Å². The van der Waals surface area contributed by atoms with Gasteiger partial charge in [0.1, 0.15) is 6.10 Å². The molecule has 0 bridgehead atoms. The molecule has 2 aromatic rings. The molecule has 0 spiro atoms. The average molecular weight is 346 g/mol. The number of hydrogen-bond donors (Lipinski definition) is 4. The van der Waals surface area contributed by atoms with E-state index in [0.717, 1.165) is 0 Å². The highest BCUT2D eigenvalue weighted by Gasteiger charge is 2.43. The minimum atomic E-state index is -0.887. The van der Waals surface area contributed by atoms with Crippen molar-refractivity contribution in [3.05, 3.63) is 16.7 Å². The number of rotatable bonds is 2. The van der Waals surface area contributed by atoms with Crippen LogP contribution in [0.4, 0.5) is 5.95 Å². The molecule has 20 heavy (non-hydrogen) atoms. The summed E-state index contributed by atoms with van der Waals surface area (Å²) in [7, 11) is 0. The molecule has 0 saturated carbocycles. The van der Waals surface area contributed by atoms with E-state index in [1.807, 2.05) is 0 Å². The van der Waals surface area contributed by atoms with Crippen molar-refractivity contribution >= 4 is 33.0 Å². The number of aliphatic hydroxyl groups excluding tert-OH is 2. The molecule has 3 rings (SSSR count). The van der Waals surface area contributed by atoms with E-state index < -0.39 is 28.8 Å². The number of H-pyrrole nitrogens is 1. The summed E-state index contributed by atoms with van der Waals surface area (Å²) < 4.78 is 7.05. The molecule has 3 heterocycles. The number of nitrogens with two attached hydrogens (primary N) is 1. The van der Waals surface area contributed by atoms with E-state index in [1.54, 1.807) is 0 Å². The van der Waals surface area contributed by atoms with Crippen LogP contribution in [0.2, 0.25) is 0 Å². The van der Waals surface area contributed by atoms with Gasteiger partial charge >= 0.3 is 0 Å². The molecule has 5 N–H and O–H groups in total. The zero-order valence-electron chi connectivity index (χ0n) is 10.1. The summed E-state index contributed by atoms with van der Waals surface area (Å²) in [6.07, 6.45) is -0.874. The van der Waals surface area contributed by atoms with Crippen LogP contribution >= 0.6 is 15.9 Å². The number of aromatic nitrogens is 4. The number of aromatic amines is 1. The maximum atomic E-state index is 11.7. The van der Waals surface area contributed by atoms with Crippen LogP contribution in [0.25, 0.3) is 11.2 Å². The van der Waals surface area contributed by atoms with Crippen LogP contribution < -0.4 is 11.3 Å². The van der Waals surface area contributed by atoms with Crippen LogP contribution in [0, 0.1) is 0 Å². The van der Waals surface area contributed by atoms with Crippen LogP contribution in [0.3, 0.4) is 0 Å². The highest BCUT2D eigenvalue weighted by molar-refractivity contribution is 9.09. The first-order valence-corrected chi connectivity index (χ1v) is 6.75. The number of halogens is 1. The Bertz CT molecular complexity index is 701. The van der Waals surface area contributed by atoms with Gasteiger partial charge in [-0.15, -0.1) is 0 Å². The molecular formula is C10H12BrN5O4. The summed E-state index contributed by atoms with van der Waals surface area (Å²) >= 11 is 3.32. The van der Waals surface area contributed by atoms with Crippen molar-refractivity contribution < 1.29 is 14.9 Å². The third-order valence-electron chi connectivity index (χ3n) is 3.20. The number of ether oxygens (including phenoxy) is 1. The molecule has 0 aliphatic carbocycles. The smallest absolute Gasteiger partial charge is 0.280 e. The molecule has 1 aliphatic rings. The fraction of sp³-hybridized carbons (Fsp3) is 0.500. The van der Waals surface area contributed by atoms with Crippen LogP contribution in [0.1, 0.15) is 6.23 Å². The number of aliphatic hydroxyl groups is 2. The van der Waals surface area contributed by atoms with Crippen LogP contribution in [0.5, 0.6) is 0 Å². The molecule has 4 atom stereocenters. The van der Waals surface area contributed by atoms with E-state index in [4.69, 9.17) is 15.6 Å². The molecule has 1 unspecified atom stereocenters. The second-order valence-electron chi connectivity index (χ2n) is 4.46. The molecular weight excluding hydrogens is 334 g/mol. The summed E-state index contributed by atoms with van der Waals surface area (Å²) in [5, 5.41) is 19.1. The lowest BCUT2D eigenvalue weighted by Gasteiger charge is -2.16. The lowest BCUT2D eigenvalue weighted by Crippen LogP contribution is -2.29. The number of nitrogens with zero attached hydrogens (tertiary/aromatic N) is 3. The van der Waals surface area contributed by atoms with Gasteiger partial charge in [-0.3, -0.25) is 14.3 Å². The third kappa shape index (κ3) is 1.92. The highest BCUT2D eigenvalue weighted by atomic mass is 79.9. The molecule has 108 valence electrons. The number of fused-ring (bicyclic) bond motifs is 1. The quantitative estimate of drug-likeness (QED) is 0.497. The van der Waals surface area contributed by atoms with Crippen LogP contribution in [0.15, 0.2) is 11.1 Å². The zero-order valence-corrected chi connectivity index (χ0v) is 11.7. The average Bonchev–Trinajstić information content (AvgIpc) is 2.93. The van der Waals surface area contributed by atoms with Gasteiger partial charge in [0.25, 0.3) is 5.56 Å². The first kappa shape index (κ1) is 13.5. The lowest BCUT2D eigenvalue weighted by atomic mass is 10.2. The van der Waals surface area contributed by atoms with Crippen molar-refractivity contribution in [1.29, 1.82) is 0 Å². The largest absolute Gasteiger partial charge is 0.394 e. The third-order valence-corrected chi connectivity index (χ3v) is 4.19. The van der Waals surface area contributed by atoms with E-state index in [0.29, 0.717) is 0 Å². The van der Waals surface area contributed by atoms with E-state index in [9.17, 15) is 9.90 Å². The molecule has 0 amide bonds. The molecule has 0 radical (unpaired) electrons. The summed E-state index contributed by atoms with van der Waals surface area (Å²) in [6.45, 7) is -0.317. The van der Waals surface area contributed by atoms with Gasteiger partial charge in [0.2, 0.25) is 5.95 Å². The number of hydrogen-bond acceptors (Lipinski definition) is 7. The van der Waals surface area contributed by atoms with Gasteiger partial charge in [-0.25, -0.2) is 4.98 Å². The summed E-state index contributed by atoms with van der Waals surface area (Å²) in [5.74, 6) is -0.0346. The number of nitrogen functional groups attached to an aromatic ring is 1. The van der Waals surface area contributed by atoms with Gasteiger partial charge in [-0.2, -0.15) is 4.98 Å². The Morgan fingerprint density at radius 2 is 2.35 bits per heavy atom. The molecule has 2 aromatic heterocycles. The van der Waals surface area contributed by atoms with Crippen LogP contribution in [-0.4, -0.2) is 53.4 Å². The molecule has 0 aromatic carbocycles. The second kappa shape index (κ2) is 4.81. The van der Waals surface area contributed by atoms with Crippen molar-refractivity contribution in [2.45, 2.75) is 23.3 Å². The Morgan fingerprint density at radius 3 is 3.00 bits per heavy atom. The Balaban J connectivity index is 2.09. The molecule has 1 aliphatic heterocycles. The topological polar surface area (TPSA) is 139 Å². The number of alkyl halides is 1. The lowest BCUT2D eigenvalue weighted by molar-refractivity contribution is -0.0430. The van der Waals surface area contributed by atoms with Gasteiger partial charge in [0.05, 0.1) is 23.9 Å². The normalized spacial score (nSPS) is 30.1. The van der Waals surface area contributed by atoms with Gasteiger partial charge in [-0.1, -0.05) is 15.9 Å². The molecule has 1 fully saturated rings. The minimum Gasteiger partial charge on any atom is -0.394 e. The SMILES string of the molecule is Nc1nc2c(ncn2[C@@H]2O[C@H](CO)[C@H](O)C2Br)c(=O)[nH]1. The zero-order chi connectivity index (χ0) is 14.4. The fourth-order valence-corrected chi connectivity index (χ4v) is 2.93. The van der Waals surface area contributed by atoms with Crippen molar-refractivity contribution in [3.8, 4) is 0 Å². The summed E-state index contributed by atoms with van der Waals surface area (Å²) in [4.78, 5) is 21.6. The number of anilines is 1. The Kier molecular flexibility index (Phi) is 3.24. The summed E-state index contributed by atoms with van der Waals surface area (Å²) in [5.41, 5.74) is 5.45. The maximum Gasteiger partial charge on any atom is 0.280 e. The van der Waals surface area contributed by atoms with Gasteiger partial charge in [0, 0.05) is 0 Å². The van der Waals surface area contributed by atoms with Gasteiger partial charge in [0.15, 0.2) is 17.4 Å². The highest BCUT2D eigenvalue weighted by Crippen LogP contribution is 2.35. The molecule has 10 heteroatoms. The Labute approximate surface area is 120 Å². The fourth-order valence-electron chi connectivity index (χ4n) is 2.21. The van der Waals surface area contributed by atoms with Crippen molar-refractivity contribution in [1.82, 2.24) is 19.5 Å². The second-order valence-corrected chi connectivity index (χ2v) is 5.52. The maximum absolute atomic E-state index is 11.7. The predicted octanol–water partition coefficient (Wildman–Crippen LogP) is -1.28. The molecule has 9 nitrogen and oxygen atoms in total. The van der Waals surface area contributed by atoms with Gasteiger partial charge < -0.3 is 20.7 Å².